The molecule has 0 atom stereocenters. The average molecular weight is 260 g/mol. The first-order chi connectivity index (χ1) is 7.70. The van der Waals surface area contributed by atoms with Crippen LogP contribution in [0.5, 0.6) is 5.75 Å². The zero-order valence-corrected chi connectivity index (χ0v) is 9.49. The molecule has 0 radical (unpaired) electrons. The van der Waals surface area contributed by atoms with E-state index in [4.69, 9.17) is 0 Å². The Morgan fingerprint density at radius 3 is 2.75 bits per heavy atom. The molecule has 0 amide bonds. The van der Waals surface area contributed by atoms with Gasteiger partial charge in [0.15, 0.2) is 6.29 Å². The summed E-state index contributed by atoms with van der Waals surface area (Å²) in [4.78, 5) is 12.5. The molecule has 6 heteroatoms. The number of alkyl halides is 2. The lowest BCUT2D eigenvalue weighted by Crippen LogP contribution is -2.01. The Bertz CT molecular complexity index is 490. The topological polar surface area (TPSA) is 26.3 Å². The number of thiophene rings is 2. The van der Waals surface area contributed by atoms with Gasteiger partial charge in [0.1, 0.15) is 5.75 Å². The van der Waals surface area contributed by atoms with Gasteiger partial charge >= 0.3 is 6.61 Å². The first-order valence-electron chi connectivity index (χ1n) is 4.28. The van der Waals surface area contributed by atoms with E-state index >= 15 is 0 Å². The Morgan fingerprint density at radius 2 is 2.12 bits per heavy atom. The third kappa shape index (κ3) is 2.28. The second-order valence-corrected chi connectivity index (χ2v) is 4.84. The van der Waals surface area contributed by atoms with E-state index in [1.165, 1.54) is 28.7 Å². The fraction of sp³-hybridized carbons (Fsp3) is 0.100. The molecule has 0 unspecified atom stereocenters. The van der Waals surface area contributed by atoms with Gasteiger partial charge in [-0.25, -0.2) is 0 Å². The highest BCUT2D eigenvalue weighted by molar-refractivity contribution is 7.22. The van der Waals surface area contributed by atoms with Crippen LogP contribution in [-0.4, -0.2) is 12.9 Å². The van der Waals surface area contributed by atoms with Crippen molar-refractivity contribution in [3.63, 3.8) is 0 Å². The van der Waals surface area contributed by atoms with Crippen LogP contribution in [-0.2, 0) is 0 Å². The van der Waals surface area contributed by atoms with E-state index in [1.807, 2.05) is 0 Å². The molecule has 0 saturated carbocycles. The van der Waals surface area contributed by atoms with Crippen molar-refractivity contribution in [3.05, 3.63) is 28.5 Å². The van der Waals surface area contributed by atoms with Crippen molar-refractivity contribution in [3.8, 4) is 15.5 Å². The monoisotopic (exact) mass is 260 g/mol. The van der Waals surface area contributed by atoms with Crippen molar-refractivity contribution in [1.29, 1.82) is 0 Å². The summed E-state index contributed by atoms with van der Waals surface area (Å²) in [6.07, 6.45) is 0.732. The predicted octanol–water partition coefficient (Wildman–Crippen LogP) is 3.89. The van der Waals surface area contributed by atoms with Crippen LogP contribution in [0.1, 0.15) is 9.67 Å². The smallest absolute Gasteiger partial charge is 0.387 e. The number of carbonyl (C=O) groups is 1. The van der Waals surface area contributed by atoms with Gasteiger partial charge in [0.05, 0.1) is 9.75 Å². The van der Waals surface area contributed by atoms with Crippen LogP contribution in [0, 0.1) is 0 Å². The van der Waals surface area contributed by atoms with E-state index in [0.29, 0.717) is 9.75 Å². The second kappa shape index (κ2) is 4.71. The molecule has 0 aliphatic heterocycles. The second-order valence-electron chi connectivity index (χ2n) is 2.81. The van der Waals surface area contributed by atoms with Gasteiger partial charge in [-0.15, -0.1) is 22.7 Å². The van der Waals surface area contributed by atoms with Gasteiger partial charge in [-0.1, -0.05) is 0 Å². The normalized spacial score (nSPS) is 10.7. The number of ether oxygens (including phenoxy) is 1. The minimum Gasteiger partial charge on any atom is -0.433 e. The lowest BCUT2D eigenvalue weighted by Gasteiger charge is -2.03. The number of hydrogen-bond donors (Lipinski definition) is 0. The molecule has 84 valence electrons. The minimum atomic E-state index is -2.83. The molecule has 2 aromatic heterocycles. The molecular formula is C10H6F2O2S2. The summed E-state index contributed by atoms with van der Waals surface area (Å²) >= 11 is 2.55. The van der Waals surface area contributed by atoms with E-state index in [0.717, 1.165) is 11.2 Å². The number of rotatable bonds is 4. The van der Waals surface area contributed by atoms with Crippen molar-refractivity contribution in [2.75, 3.05) is 0 Å². The van der Waals surface area contributed by atoms with Crippen LogP contribution in [0.2, 0.25) is 0 Å². The highest BCUT2D eigenvalue weighted by Gasteiger charge is 2.14. The molecule has 2 nitrogen and oxygen atoms in total. The molecule has 2 aromatic rings. The van der Waals surface area contributed by atoms with Gasteiger partial charge in [0.25, 0.3) is 0 Å². The van der Waals surface area contributed by atoms with Gasteiger partial charge in [0.2, 0.25) is 0 Å². The summed E-state index contributed by atoms with van der Waals surface area (Å²) in [5.74, 6) is 0.152. The third-order valence-corrected chi connectivity index (χ3v) is 3.90. The fourth-order valence-corrected chi connectivity index (χ4v) is 2.99. The van der Waals surface area contributed by atoms with Gasteiger partial charge in [-0.2, -0.15) is 8.78 Å². The maximum atomic E-state index is 12.1. The fourth-order valence-electron chi connectivity index (χ4n) is 1.20. The van der Waals surface area contributed by atoms with Crippen molar-refractivity contribution in [2.24, 2.45) is 0 Å². The van der Waals surface area contributed by atoms with Crippen molar-refractivity contribution in [2.45, 2.75) is 6.61 Å². The zero-order valence-electron chi connectivity index (χ0n) is 7.85. The van der Waals surface area contributed by atoms with Crippen molar-refractivity contribution >= 4 is 29.0 Å². The zero-order chi connectivity index (χ0) is 11.5. The Balaban J connectivity index is 2.32. The van der Waals surface area contributed by atoms with Crippen LogP contribution >= 0.6 is 22.7 Å². The molecule has 16 heavy (non-hydrogen) atoms. The Hall–Kier alpha value is -1.27. The standard InChI is InChI=1S/C10H6F2O2S2/c11-10(12)14-7-3-4-15-9(7)8-2-1-6(5-13)16-8/h1-5,10H. The molecule has 0 bridgehead atoms. The Kier molecular flexibility index (Phi) is 3.31. The van der Waals surface area contributed by atoms with Crippen molar-refractivity contribution in [1.82, 2.24) is 0 Å². The summed E-state index contributed by atoms with van der Waals surface area (Å²) in [7, 11) is 0. The molecule has 0 spiro atoms. The van der Waals surface area contributed by atoms with E-state index in [1.54, 1.807) is 17.5 Å². The van der Waals surface area contributed by atoms with E-state index in [2.05, 4.69) is 4.74 Å². The summed E-state index contributed by atoms with van der Waals surface area (Å²) in [5.41, 5.74) is 0. The average Bonchev–Trinajstić information content (AvgIpc) is 2.84. The summed E-state index contributed by atoms with van der Waals surface area (Å²) < 4.78 is 28.6. The Morgan fingerprint density at radius 1 is 1.31 bits per heavy atom. The van der Waals surface area contributed by atoms with Gasteiger partial charge < -0.3 is 4.74 Å². The molecule has 0 aliphatic carbocycles. The quantitative estimate of drug-likeness (QED) is 0.779. The first-order valence-corrected chi connectivity index (χ1v) is 5.98. The minimum absolute atomic E-state index is 0.152. The predicted molar refractivity (Wildman–Crippen MR) is 59.7 cm³/mol. The SMILES string of the molecule is O=Cc1ccc(-c2sccc2OC(F)F)s1. The molecular weight excluding hydrogens is 254 g/mol. The third-order valence-electron chi connectivity index (χ3n) is 1.81. The highest BCUT2D eigenvalue weighted by atomic mass is 32.1. The summed E-state index contributed by atoms with van der Waals surface area (Å²) in [5, 5.41) is 1.67. The molecule has 0 fully saturated rings. The van der Waals surface area contributed by atoms with Gasteiger partial charge in [-0.05, 0) is 23.6 Å². The maximum Gasteiger partial charge on any atom is 0.387 e. The van der Waals surface area contributed by atoms with Crippen molar-refractivity contribution < 1.29 is 18.3 Å². The van der Waals surface area contributed by atoms with E-state index in [9.17, 15) is 13.6 Å². The molecule has 0 aliphatic rings. The first kappa shape index (κ1) is 11.2. The van der Waals surface area contributed by atoms with E-state index in [-0.39, 0.29) is 5.75 Å². The summed E-state index contributed by atoms with van der Waals surface area (Å²) in [6, 6.07) is 4.86. The largest absolute Gasteiger partial charge is 0.433 e. The molecule has 2 rings (SSSR count). The molecule has 0 aromatic carbocycles. The van der Waals surface area contributed by atoms with Gasteiger partial charge in [0, 0.05) is 4.88 Å². The molecule has 0 saturated heterocycles. The van der Waals surface area contributed by atoms with Crippen LogP contribution in [0.3, 0.4) is 0 Å². The van der Waals surface area contributed by atoms with Crippen LogP contribution < -0.4 is 4.74 Å². The number of hydrogen-bond acceptors (Lipinski definition) is 4. The molecule has 0 N–H and O–H groups in total. The van der Waals surface area contributed by atoms with E-state index < -0.39 is 6.61 Å². The summed E-state index contributed by atoms with van der Waals surface area (Å²) in [6.45, 7) is -2.83. The number of halogens is 2. The van der Waals surface area contributed by atoms with Crippen LogP contribution in [0.15, 0.2) is 23.6 Å². The lowest BCUT2D eigenvalue weighted by molar-refractivity contribution is -0.0491. The molecule has 2 heterocycles. The van der Waals surface area contributed by atoms with Crippen LogP contribution in [0.25, 0.3) is 9.75 Å². The number of carbonyl (C=O) groups excluding carboxylic acids is 1. The maximum absolute atomic E-state index is 12.1. The van der Waals surface area contributed by atoms with Crippen LogP contribution in [0.4, 0.5) is 8.78 Å². The highest BCUT2D eigenvalue weighted by Crippen LogP contribution is 2.39. The van der Waals surface area contributed by atoms with Gasteiger partial charge in [-0.3, -0.25) is 4.79 Å². The Labute approximate surface area is 98.1 Å². The number of aldehydes is 1. The lowest BCUT2D eigenvalue weighted by atomic mass is 10.3.